The van der Waals surface area contributed by atoms with Gasteiger partial charge < -0.3 is 25.6 Å². The molecule has 0 aliphatic carbocycles. The fourth-order valence-corrected chi connectivity index (χ4v) is 6.08. The Hall–Kier alpha value is -4.54. The molecule has 10 heteroatoms. The van der Waals surface area contributed by atoms with Crippen LogP contribution in [-0.4, -0.2) is 49.7 Å². The van der Waals surface area contributed by atoms with E-state index in [1.807, 2.05) is 30.3 Å². The quantitative estimate of drug-likeness (QED) is 0.255. The molecule has 3 N–H and O–H groups in total. The Labute approximate surface area is 264 Å². The van der Waals surface area contributed by atoms with Crippen molar-refractivity contribution in [3.63, 3.8) is 0 Å². The minimum atomic E-state index is -1.50. The number of fused-ring (bicyclic) bond motifs is 2. The van der Waals surface area contributed by atoms with Crippen LogP contribution in [0.2, 0.25) is 0 Å². The van der Waals surface area contributed by atoms with Gasteiger partial charge in [-0.15, -0.1) is 0 Å². The summed E-state index contributed by atoms with van der Waals surface area (Å²) in [6.45, 7) is 3.01. The number of benzene rings is 4. The van der Waals surface area contributed by atoms with Crippen molar-refractivity contribution < 1.29 is 23.9 Å². The molecule has 0 saturated heterocycles. The number of carbonyl (C=O) groups excluding carboxylic acids is 4. The van der Waals surface area contributed by atoms with Gasteiger partial charge in [-0.3, -0.25) is 19.2 Å². The summed E-state index contributed by atoms with van der Waals surface area (Å²) >= 11 is 3.53. The van der Waals surface area contributed by atoms with Crippen LogP contribution in [0.5, 0.6) is 5.75 Å². The topological polar surface area (TPSA) is 122 Å². The van der Waals surface area contributed by atoms with Crippen molar-refractivity contribution in [2.75, 3.05) is 30.5 Å². The molecule has 0 radical (unpaired) electrons. The highest BCUT2D eigenvalue weighted by Gasteiger charge is 2.48. The molecule has 1 heterocycles. The number of amides is 3. The Morgan fingerprint density at radius 1 is 1.00 bits per heavy atom. The lowest BCUT2D eigenvalue weighted by Crippen LogP contribution is -2.63. The van der Waals surface area contributed by atoms with E-state index in [0.717, 1.165) is 20.8 Å². The lowest BCUT2D eigenvalue weighted by molar-refractivity contribution is -0.133. The lowest BCUT2D eigenvalue weighted by atomic mass is 9.83. The Morgan fingerprint density at radius 3 is 2.27 bits per heavy atom. The van der Waals surface area contributed by atoms with Gasteiger partial charge in [-0.25, -0.2) is 0 Å². The molecule has 1 unspecified atom stereocenters. The summed E-state index contributed by atoms with van der Waals surface area (Å²) < 4.78 is 6.66. The van der Waals surface area contributed by atoms with Crippen molar-refractivity contribution in [2.45, 2.75) is 25.9 Å². The SMILES string of the molecule is CNC(C)(C(N)=O)[C@@H]1CN(C(=O)c2ccc(C(C)=O)cc2)c2ccccc2N(Cc2c(OC)ccc3cc(Br)ccc23)C1=O. The van der Waals surface area contributed by atoms with Crippen molar-refractivity contribution >= 4 is 61.6 Å². The lowest BCUT2D eigenvalue weighted by Gasteiger charge is -2.36. The zero-order valence-corrected chi connectivity index (χ0v) is 26.5. The number of carbonyl (C=O) groups is 4. The van der Waals surface area contributed by atoms with Crippen LogP contribution in [0.4, 0.5) is 11.4 Å². The summed E-state index contributed by atoms with van der Waals surface area (Å²) in [7, 11) is 3.14. The van der Waals surface area contributed by atoms with E-state index < -0.39 is 17.4 Å². The number of nitrogens with one attached hydrogen (secondary N) is 1. The molecule has 4 aromatic rings. The molecule has 5 rings (SSSR count). The van der Waals surface area contributed by atoms with Gasteiger partial charge in [0, 0.05) is 27.7 Å². The van der Waals surface area contributed by atoms with Gasteiger partial charge in [0.25, 0.3) is 5.91 Å². The number of primary amides is 1. The Balaban J connectivity index is 1.71. The number of hydrogen-bond acceptors (Lipinski definition) is 6. The summed E-state index contributed by atoms with van der Waals surface area (Å²) in [5.41, 5.74) is 6.97. The minimum Gasteiger partial charge on any atom is -0.496 e. The smallest absolute Gasteiger partial charge is 0.258 e. The normalized spacial score (nSPS) is 16.2. The number of methoxy groups -OCH3 is 1. The first-order valence-corrected chi connectivity index (χ1v) is 14.9. The predicted octanol–water partition coefficient (Wildman–Crippen LogP) is 5.09. The van der Waals surface area contributed by atoms with E-state index in [9.17, 15) is 19.2 Å². The molecule has 0 spiro atoms. The first kappa shape index (κ1) is 30.9. The van der Waals surface area contributed by atoms with E-state index in [0.29, 0.717) is 28.3 Å². The van der Waals surface area contributed by atoms with Crippen molar-refractivity contribution in [3.05, 3.63) is 100 Å². The van der Waals surface area contributed by atoms with Gasteiger partial charge >= 0.3 is 0 Å². The number of ketones is 1. The monoisotopic (exact) mass is 656 g/mol. The summed E-state index contributed by atoms with van der Waals surface area (Å²) in [4.78, 5) is 56.7. The van der Waals surface area contributed by atoms with Crippen molar-refractivity contribution in [3.8, 4) is 5.75 Å². The molecule has 226 valence electrons. The predicted molar refractivity (Wildman–Crippen MR) is 174 cm³/mol. The number of rotatable bonds is 8. The van der Waals surface area contributed by atoms with Gasteiger partial charge in [0.15, 0.2) is 5.78 Å². The Bertz CT molecular complexity index is 1790. The highest BCUT2D eigenvalue weighted by Crippen LogP contribution is 2.40. The minimum absolute atomic E-state index is 0.0996. The largest absolute Gasteiger partial charge is 0.496 e. The van der Waals surface area contributed by atoms with Gasteiger partial charge in [0.1, 0.15) is 11.3 Å². The highest BCUT2D eigenvalue weighted by atomic mass is 79.9. The molecule has 0 fully saturated rings. The third-order valence-corrected chi connectivity index (χ3v) is 8.98. The first-order chi connectivity index (χ1) is 21.0. The molecule has 2 atom stereocenters. The van der Waals surface area contributed by atoms with Crippen LogP contribution in [0.1, 0.15) is 40.1 Å². The second-order valence-corrected chi connectivity index (χ2v) is 11.9. The van der Waals surface area contributed by atoms with Gasteiger partial charge in [-0.05, 0) is 74.1 Å². The molecule has 0 bridgehead atoms. The zero-order valence-electron chi connectivity index (χ0n) is 24.9. The first-order valence-electron chi connectivity index (χ1n) is 14.1. The Morgan fingerprint density at radius 2 is 1.66 bits per heavy atom. The zero-order chi connectivity index (χ0) is 31.8. The van der Waals surface area contributed by atoms with Gasteiger partial charge in [-0.1, -0.05) is 52.3 Å². The fourth-order valence-electron chi connectivity index (χ4n) is 5.70. The summed E-state index contributed by atoms with van der Waals surface area (Å²) in [6.07, 6.45) is 0. The molecule has 0 saturated carbocycles. The molecule has 1 aliphatic rings. The number of nitrogens with zero attached hydrogens (tertiary/aromatic N) is 2. The second-order valence-electron chi connectivity index (χ2n) is 10.9. The third-order valence-electron chi connectivity index (χ3n) is 8.49. The average molecular weight is 658 g/mol. The van der Waals surface area contributed by atoms with E-state index in [-0.39, 0.29) is 30.7 Å². The van der Waals surface area contributed by atoms with E-state index >= 15 is 0 Å². The number of hydrogen-bond donors (Lipinski definition) is 2. The van der Waals surface area contributed by atoms with E-state index in [4.69, 9.17) is 10.5 Å². The molecular formula is C34H33BrN4O5. The number of ether oxygens (including phenoxy) is 1. The number of Topliss-reactive ketones (excluding diaryl/α,β-unsaturated/α-hetero) is 1. The number of anilines is 2. The van der Waals surface area contributed by atoms with E-state index in [2.05, 4.69) is 21.2 Å². The Kier molecular flexibility index (Phi) is 8.58. The second kappa shape index (κ2) is 12.2. The van der Waals surface area contributed by atoms with Crippen molar-refractivity contribution in [1.82, 2.24) is 5.32 Å². The summed E-state index contributed by atoms with van der Waals surface area (Å²) in [6, 6.07) is 23.2. The van der Waals surface area contributed by atoms with Crippen LogP contribution in [0.3, 0.4) is 0 Å². The van der Waals surface area contributed by atoms with Gasteiger partial charge in [0.2, 0.25) is 11.8 Å². The van der Waals surface area contributed by atoms with Crippen LogP contribution < -0.4 is 25.6 Å². The van der Waals surface area contributed by atoms with E-state index in [1.165, 1.54) is 11.8 Å². The summed E-state index contributed by atoms with van der Waals surface area (Å²) in [5, 5.41) is 4.81. The number of nitrogens with two attached hydrogens (primary N) is 1. The maximum absolute atomic E-state index is 14.7. The molecule has 9 nitrogen and oxygen atoms in total. The van der Waals surface area contributed by atoms with Crippen LogP contribution in [0.25, 0.3) is 10.8 Å². The molecule has 1 aliphatic heterocycles. The third kappa shape index (κ3) is 5.46. The summed E-state index contributed by atoms with van der Waals surface area (Å²) in [5.74, 6) is -2.08. The van der Waals surface area contributed by atoms with Crippen molar-refractivity contribution in [1.29, 1.82) is 0 Å². The molecule has 4 aromatic carbocycles. The number of likely N-dealkylation sites (N-methyl/N-ethyl adjacent to an activating group) is 1. The molecule has 0 aromatic heterocycles. The van der Waals surface area contributed by atoms with Crippen LogP contribution in [0.15, 0.2) is 83.3 Å². The molecule has 3 amide bonds. The van der Waals surface area contributed by atoms with Gasteiger partial charge in [0.05, 0.1) is 30.9 Å². The maximum Gasteiger partial charge on any atom is 0.258 e. The maximum atomic E-state index is 14.7. The number of halogens is 1. The van der Waals surface area contributed by atoms with Crippen molar-refractivity contribution in [2.24, 2.45) is 11.7 Å². The van der Waals surface area contributed by atoms with Crippen LogP contribution >= 0.6 is 15.9 Å². The number of para-hydroxylation sites is 2. The van der Waals surface area contributed by atoms with Crippen LogP contribution in [0, 0.1) is 5.92 Å². The fraction of sp³-hybridized carbons (Fsp3) is 0.235. The molecule has 44 heavy (non-hydrogen) atoms. The average Bonchev–Trinajstić information content (AvgIpc) is 3.14. The standard InChI is InChI=1S/C34H33BrN4O5/c1-20(40)21-9-11-22(12-10-21)31(41)39-19-27(34(2,37-3)33(36)43)32(42)38(28-7-5-6-8-29(28)39)18-26-25-15-14-24(35)17-23(25)13-16-30(26)44-4/h5-17,27,37H,18-19H2,1-4H3,(H2,36,43)/t27-,34?/m1/s1. The molecular weight excluding hydrogens is 624 g/mol. The van der Waals surface area contributed by atoms with Crippen LogP contribution in [-0.2, 0) is 16.1 Å². The van der Waals surface area contributed by atoms with E-state index in [1.54, 1.807) is 74.5 Å². The highest BCUT2D eigenvalue weighted by molar-refractivity contribution is 9.10. The van der Waals surface area contributed by atoms with Gasteiger partial charge in [-0.2, -0.15) is 0 Å².